The van der Waals surface area contributed by atoms with Crippen LogP contribution in [0.4, 0.5) is 10.1 Å². The fourth-order valence-corrected chi connectivity index (χ4v) is 1.70. The quantitative estimate of drug-likeness (QED) is 0.619. The van der Waals surface area contributed by atoms with Crippen molar-refractivity contribution in [3.8, 4) is 11.3 Å². The number of nitro groups is 1. The predicted octanol–water partition coefficient (Wildman–Crippen LogP) is 3.15. The molecule has 0 fully saturated rings. The van der Waals surface area contributed by atoms with Gasteiger partial charge in [-0.25, -0.2) is 4.98 Å². The molecule has 0 atom stereocenters. The number of halogens is 2. The summed E-state index contributed by atoms with van der Waals surface area (Å²) in [6, 6.07) is 2.22. The van der Waals surface area contributed by atoms with Crippen molar-refractivity contribution < 1.29 is 9.31 Å². The number of hydrogen-bond acceptors (Lipinski definition) is 4. The Hall–Kier alpha value is -2.08. The summed E-state index contributed by atoms with van der Waals surface area (Å²) in [4.78, 5) is 17.7. The van der Waals surface area contributed by atoms with Gasteiger partial charge in [-0.2, -0.15) is 4.39 Å². The van der Waals surface area contributed by atoms with Crippen LogP contribution in [0.1, 0.15) is 5.56 Å². The number of aromatic nitrogens is 2. The SMILES string of the molecule is Cc1cc(F)c([N+](=O)[O-])cc1-c1cncc(Cl)n1. The topological polar surface area (TPSA) is 68.9 Å². The van der Waals surface area contributed by atoms with E-state index in [1.165, 1.54) is 12.4 Å². The maximum absolute atomic E-state index is 13.4. The summed E-state index contributed by atoms with van der Waals surface area (Å²) >= 11 is 5.70. The first-order valence-electron chi connectivity index (χ1n) is 4.91. The van der Waals surface area contributed by atoms with Crippen molar-refractivity contribution in [1.29, 1.82) is 0 Å². The summed E-state index contributed by atoms with van der Waals surface area (Å²) in [6.07, 6.45) is 2.76. The Morgan fingerprint density at radius 3 is 2.72 bits per heavy atom. The molecule has 0 spiro atoms. The molecule has 0 unspecified atom stereocenters. The molecule has 0 saturated carbocycles. The maximum Gasteiger partial charge on any atom is 0.305 e. The van der Waals surface area contributed by atoms with Crippen LogP contribution in [0.15, 0.2) is 24.5 Å². The highest BCUT2D eigenvalue weighted by Crippen LogP contribution is 2.28. The lowest BCUT2D eigenvalue weighted by Gasteiger charge is -2.05. The van der Waals surface area contributed by atoms with E-state index in [4.69, 9.17) is 11.6 Å². The van der Waals surface area contributed by atoms with Gasteiger partial charge in [0, 0.05) is 11.6 Å². The van der Waals surface area contributed by atoms with Crippen LogP contribution in [0.5, 0.6) is 0 Å². The smallest absolute Gasteiger partial charge is 0.259 e. The molecular weight excluding hydrogens is 261 g/mol. The summed E-state index contributed by atoms with van der Waals surface area (Å²) < 4.78 is 13.4. The van der Waals surface area contributed by atoms with Crippen LogP contribution in [0.2, 0.25) is 5.15 Å². The molecule has 92 valence electrons. The Morgan fingerprint density at radius 1 is 1.39 bits per heavy atom. The lowest BCUT2D eigenvalue weighted by atomic mass is 10.0. The monoisotopic (exact) mass is 267 g/mol. The van der Waals surface area contributed by atoms with Gasteiger partial charge in [0.25, 0.3) is 0 Å². The first-order chi connectivity index (χ1) is 8.49. The van der Waals surface area contributed by atoms with E-state index in [1.807, 2.05) is 0 Å². The average molecular weight is 268 g/mol. The van der Waals surface area contributed by atoms with Crippen LogP contribution < -0.4 is 0 Å². The molecule has 7 heteroatoms. The normalized spacial score (nSPS) is 10.4. The van der Waals surface area contributed by atoms with E-state index in [1.54, 1.807) is 6.92 Å². The van der Waals surface area contributed by atoms with E-state index in [0.29, 0.717) is 16.8 Å². The van der Waals surface area contributed by atoms with E-state index in [0.717, 1.165) is 12.1 Å². The van der Waals surface area contributed by atoms with Crippen molar-refractivity contribution >= 4 is 17.3 Å². The van der Waals surface area contributed by atoms with Gasteiger partial charge in [0.1, 0.15) is 5.15 Å². The van der Waals surface area contributed by atoms with Gasteiger partial charge in [-0.3, -0.25) is 15.1 Å². The second-order valence-electron chi connectivity index (χ2n) is 3.60. The third-order valence-electron chi connectivity index (χ3n) is 2.37. The Bertz CT molecular complexity index is 634. The summed E-state index contributed by atoms with van der Waals surface area (Å²) in [6.45, 7) is 1.63. The Morgan fingerprint density at radius 2 is 2.11 bits per heavy atom. The zero-order valence-corrected chi connectivity index (χ0v) is 9.98. The molecule has 0 aliphatic heterocycles. The van der Waals surface area contributed by atoms with Crippen molar-refractivity contribution in [2.24, 2.45) is 0 Å². The molecule has 2 rings (SSSR count). The third kappa shape index (κ3) is 2.28. The van der Waals surface area contributed by atoms with Crippen LogP contribution in [-0.2, 0) is 0 Å². The summed E-state index contributed by atoms with van der Waals surface area (Å²) in [5.74, 6) is -0.878. The highest BCUT2D eigenvalue weighted by atomic mass is 35.5. The maximum atomic E-state index is 13.4. The molecule has 0 saturated heterocycles. The highest BCUT2D eigenvalue weighted by molar-refractivity contribution is 6.29. The van der Waals surface area contributed by atoms with Gasteiger partial charge in [0.2, 0.25) is 5.82 Å². The Kier molecular flexibility index (Phi) is 3.20. The lowest BCUT2D eigenvalue weighted by Crippen LogP contribution is -1.96. The largest absolute Gasteiger partial charge is 0.305 e. The minimum Gasteiger partial charge on any atom is -0.259 e. The first kappa shape index (κ1) is 12.4. The van der Waals surface area contributed by atoms with Crippen LogP contribution in [0.3, 0.4) is 0 Å². The minimum atomic E-state index is -0.878. The third-order valence-corrected chi connectivity index (χ3v) is 2.55. The molecule has 1 aromatic heterocycles. The summed E-state index contributed by atoms with van der Waals surface area (Å²) in [5.41, 5.74) is 0.716. The molecule has 5 nitrogen and oxygen atoms in total. The van der Waals surface area contributed by atoms with Gasteiger partial charge in [0.05, 0.1) is 23.0 Å². The zero-order valence-electron chi connectivity index (χ0n) is 9.22. The number of aryl methyl sites for hydroxylation is 1. The van der Waals surface area contributed by atoms with Crippen molar-refractivity contribution in [2.75, 3.05) is 0 Å². The minimum absolute atomic E-state index is 0.166. The van der Waals surface area contributed by atoms with Crippen LogP contribution >= 0.6 is 11.6 Å². The molecule has 18 heavy (non-hydrogen) atoms. The molecule has 0 radical (unpaired) electrons. The van der Waals surface area contributed by atoms with Crippen molar-refractivity contribution in [2.45, 2.75) is 6.92 Å². The molecule has 0 aliphatic carbocycles. The molecule has 0 aliphatic rings. The van der Waals surface area contributed by atoms with E-state index in [-0.39, 0.29) is 5.15 Å². The van der Waals surface area contributed by atoms with Gasteiger partial charge in [-0.1, -0.05) is 11.6 Å². The predicted molar refractivity (Wildman–Crippen MR) is 63.8 cm³/mol. The Balaban J connectivity index is 2.64. The van der Waals surface area contributed by atoms with Gasteiger partial charge < -0.3 is 0 Å². The van der Waals surface area contributed by atoms with Crippen LogP contribution in [-0.4, -0.2) is 14.9 Å². The standard InChI is InChI=1S/C11H7ClFN3O2/c1-6-2-8(13)10(16(17)18)3-7(6)9-4-14-5-11(12)15-9/h2-5H,1H3. The fraction of sp³-hybridized carbons (Fsp3) is 0.0909. The van der Waals surface area contributed by atoms with Gasteiger partial charge >= 0.3 is 5.69 Å². The van der Waals surface area contributed by atoms with Crippen LogP contribution in [0.25, 0.3) is 11.3 Å². The van der Waals surface area contributed by atoms with E-state index < -0.39 is 16.4 Å². The van der Waals surface area contributed by atoms with Crippen molar-refractivity contribution in [3.63, 3.8) is 0 Å². The van der Waals surface area contributed by atoms with Gasteiger partial charge in [-0.15, -0.1) is 0 Å². The molecule has 0 N–H and O–H groups in total. The van der Waals surface area contributed by atoms with Crippen LogP contribution in [0, 0.1) is 22.9 Å². The number of benzene rings is 1. The first-order valence-corrected chi connectivity index (χ1v) is 5.29. The van der Waals surface area contributed by atoms with Gasteiger partial charge in [0.15, 0.2) is 0 Å². The number of nitrogens with zero attached hydrogens (tertiary/aromatic N) is 3. The molecule has 2 aromatic rings. The number of nitro benzene ring substituents is 1. The second kappa shape index (κ2) is 4.66. The number of rotatable bonds is 2. The highest BCUT2D eigenvalue weighted by Gasteiger charge is 2.18. The van der Waals surface area contributed by atoms with Crippen molar-refractivity contribution in [3.05, 3.63) is 51.2 Å². The van der Waals surface area contributed by atoms with Gasteiger partial charge in [-0.05, 0) is 18.6 Å². The molecular formula is C11H7ClFN3O2. The van der Waals surface area contributed by atoms with E-state index >= 15 is 0 Å². The van der Waals surface area contributed by atoms with E-state index in [9.17, 15) is 14.5 Å². The summed E-state index contributed by atoms with van der Waals surface area (Å²) in [7, 11) is 0. The van der Waals surface area contributed by atoms with E-state index in [2.05, 4.69) is 9.97 Å². The molecule has 1 heterocycles. The Labute approximate surface area is 106 Å². The zero-order chi connectivity index (χ0) is 13.3. The summed E-state index contributed by atoms with van der Waals surface area (Å²) in [5, 5.41) is 10.9. The fourth-order valence-electron chi connectivity index (χ4n) is 1.55. The van der Waals surface area contributed by atoms with Crippen molar-refractivity contribution in [1.82, 2.24) is 9.97 Å². The number of hydrogen-bond donors (Lipinski definition) is 0. The second-order valence-corrected chi connectivity index (χ2v) is 3.99. The molecule has 0 amide bonds. The molecule has 0 bridgehead atoms. The average Bonchev–Trinajstić information content (AvgIpc) is 2.28. The lowest BCUT2D eigenvalue weighted by molar-refractivity contribution is -0.387. The molecule has 1 aromatic carbocycles.